The number of rotatable bonds is 8. The Morgan fingerprint density at radius 1 is 1.05 bits per heavy atom. The Morgan fingerprint density at radius 2 is 1.62 bits per heavy atom. The van der Waals surface area contributed by atoms with E-state index in [4.69, 9.17) is 32.7 Å². The molecule has 3 rings (SSSR count). The van der Waals surface area contributed by atoms with Gasteiger partial charge in [-0.1, -0.05) is 42.3 Å². The molecule has 2 aromatic rings. The molecule has 0 aliphatic carbocycles. The molecular formula is C28H36Cl2NO6+. The van der Waals surface area contributed by atoms with E-state index < -0.39 is 23.0 Å². The number of carboxylic acid groups (broad SMARTS) is 2. The van der Waals surface area contributed by atoms with Crippen LogP contribution in [0.25, 0.3) is 0 Å². The van der Waals surface area contributed by atoms with Crippen molar-refractivity contribution in [2.75, 3.05) is 26.3 Å². The normalized spacial score (nSPS) is 23.9. The topological polar surface area (TPSA) is 93.1 Å². The van der Waals surface area contributed by atoms with Crippen molar-refractivity contribution in [3.63, 3.8) is 0 Å². The number of carboxylic acids is 1. The summed E-state index contributed by atoms with van der Waals surface area (Å²) in [5.74, 6) is -0.238. The lowest BCUT2D eigenvalue weighted by Gasteiger charge is -2.53. The minimum absolute atomic E-state index is 0.0298. The third-order valence-corrected chi connectivity index (χ3v) is 8.31. The van der Waals surface area contributed by atoms with Gasteiger partial charge in [0.25, 0.3) is 0 Å². The minimum Gasteiger partial charge on any atom is -0.490 e. The molecule has 1 heterocycles. The maximum atomic E-state index is 12.7. The number of carbonyl (C=O) groups is 2. The van der Waals surface area contributed by atoms with E-state index in [9.17, 15) is 19.8 Å². The molecule has 3 atom stereocenters. The average Bonchev–Trinajstić information content (AvgIpc) is 2.82. The molecule has 202 valence electrons. The van der Waals surface area contributed by atoms with Crippen LogP contribution in [0.5, 0.6) is 11.5 Å². The zero-order valence-electron chi connectivity index (χ0n) is 22.0. The van der Waals surface area contributed by atoms with E-state index in [1.807, 2.05) is 46.8 Å². The Bertz CT molecular complexity index is 1120. The molecular weight excluding hydrogens is 517 g/mol. The fourth-order valence-electron chi connectivity index (χ4n) is 5.46. The van der Waals surface area contributed by atoms with Crippen molar-refractivity contribution in [2.24, 2.45) is 5.41 Å². The van der Waals surface area contributed by atoms with Crippen LogP contribution < -0.4 is 9.47 Å². The zero-order valence-corrected chi connectivity index (χ0v) is 23.5. The van der Waals surface area contributed by atoms with Gasteiger partial charge in [0.05, 0.1) is 16.6 Å². The van der Waals surface area contributed by atoms with Gasteiger partial charge in [-0.3, -0.25) is 4.79 Å². The van der Waals surface area contributed by atoms with Gasteiger partial charge in [-0.2, -0.15) is 4.79 Å². The van der Waals surface area contributed by atoms with E-state index in [2.05, 4.69) is 0 Å². The third-order valence-electron chi connectivity index (χ3n) is 7.75. The van der Waals surface area contributed by atoms with Crippen LogP contribution in [0.4, 0.5) is 4.79 Å². The van der Waals surface area contributed by atoms with Gasteiger partial charge in [0.15, 0.2) is 5.75 Å². The van der Waals surface area contributed by atoms with E-state index in [0.29, 0.717) is 40.9 Å². The van der Waals surface area contributed by atoms with Crippen molar-refractivity contribution in [1.82, 2.24) is 0 Å². The number of halogens is 2. The molecule has 37 heavy (non-hydrogen) atoms. The number of likely N-dealkylation sites (tertiary alicyclic amines) is 1. The van der Waals surface area contributed by atoms with Crippen LogP contribution >= 0.6 is 23.2 Å². The molecule has 1 saturated heterocycles. The molecule has 0 bridgehead atoms. The van der Waals surface area contributed by atoms with Gasteiger partial charge >= 0.3 is 12.1 Å². The number of benzene rings is 2. The van der Waals surface area contributed by atoms with Crippen molar-refractivity contribution >= 4 is 35.3 Å². The lowest BCUT2D eigenvalue weighted by atomic mass is 9.64. The van der Waals surface area contributed by atoms with E-state index in [0.717, 1.165) is 11.1 Å². The number of quaternary nitrogens is 1. The highest BCUT2D eigenvalue weighted by molar-refractivity contribution is 6.37. The number of ether oxygens (including phenoxy) is 2. The molecule has 0 radical (unpaired) electrons. The van der Waals surface area contributed by atoms with Crippen LogP contribution in [0.2, 0.25) is 10.0 Å². The number of aliphatic carboxylic acids is 1. The molecule has 2 N–H and O–H groups in total. The number of nitrogens with zero attached hydrogens (tertiary/aromatic N) is 1. The summed E-state index contributed by atoms with van der Waals surface area (Å²) >= 11 is 12.4. The first-order valence-corrected chi connectivity index (χ1v) is 13.2. The summed E-state index contributed by atoms with van der Waals surface area (Å²) in [6.45, 7) is 10.2. The van der Waals surface area contributed by atoms with Gasteiger partial charge in [-0.15, -0.1) is 0 Å². The molecule has 9 heteroatoms. The van der Waals surface area contributed by atoms with Crippen LogP contribution in [0.15, 0.2) is 36.4 Å². The van der Waals surface area contributed by atoms with Crippen LogP contribution in [0.3, 0.4) is 0 Å². The summed E-state index contributed by atoms with van der Waals surface area (Å²) < 4.78 is 11.2. The summed E-state index contributed by atoms with van der Waals surface area (Å²) in [6, 6.07) is 10.9. The number of amides is 1. The number of piperidine rings is 1. The van der Waals surface area contributed by atoms with Gasteiger partial charge < -0.3 is 19.7 Å². The van der Waals surface area contributed by atoms with Crippen LogP contribution in [0, 0.1) is 12.3 Å². The first-order valence-electron chi connectivity index (χ1n) is 12.4. The van der Waals surface area contributed by atoms with Crippen molar-refractivity contribution in [2.45, 2.75) is 58.9 Å². The largest absolute Gasteiger partial charge is 0.514 e. The Hall–Kier alpha value is -2.48. The van der Waals surface area contributed by atoms with Gasteiger partial charge in [-0.25, -0.2) is 4.48 Å². The van der Waals surface area contributed by atoms with Gasteiger partial charge in [0, 0.05) is 12.3 Å². The van der Waals surface area contributed by atoms with E-state index in [1.165, 1.54) is 0 Å². The molecule has 1 amide bonds. The highest BCUT2D eigenvalue weighted by Gasteiger charge is 2.61. The lowest BCUT2D eigenvalue weighted by molar-refractivity contribution is -0.914. The zero-order chi connectivity index (χ0) is 27.6. The number of hydrogen-bond acceptors (Lipinski definition) is 4. The molecule has 1 aliphatic heterocycles. The predicted octanol–water partition coefficient (Wildman–Crippen LogP) is 7.02. The summed E-state index contributed by atoms with van der Waals surface area (Å²) in [7, 11) is 0. The molecule has 1 unspecified atom stereocenters. The summed E-state index contributed by atoms with van der Waals surface area (Å²) in [4.78, 5) is 25.1. The lowest BCUT2D eigenvalue weighted by Crippen LogP contribution is -2.71. The maximum absolute atomic E-state index is 12.7. The summed E-state index contributed by atoms with van der Waals surface area (Å²) in [5.41, 5.74) is -0.0348. The smallest absolute Gasteiger partial charge is 0.490 e. The van der Waals surface area contributed by atoms with Crippen molar-refractivity contribution < 1.29 is 33.8 Å². The Kier molecular flexibility index (Phi) is 8.72. The summed E-state index contributed by atoms with van der Waals surface area (Å²) in [6.07, 6.45) is -0.199. The van der Waals surface area contributed by atoms with Crippen LogP contribution in [-0.4, -0.2) is 58.6 Å². The molecule has 7 nitrogen and oxygen atoms in total. The number of hydrogen-bond donors (Lipinski definition) is 2. The number of aryl methyl sites for hydroxylation is 1. The second-order valence-electron chi connectivity index (χ2n) is 10.8. The Balaban J connectivity index is 1.73. The second-order valence-corrected chi connectivity index (χ2v) is 11.6. The minimum atomic E-state index is -1.20. The molecule has 1 fully saturated rings. The van der Waals surface area contributed by atoms with Crippen molar-refractivity contribution in [1.29, 1.82) is 0 Å². The molecule has 1 aliphatic rings. The Morgan fingerprint density at radius 3 is 2.11 bits per heavy atom. The monoisotopic (exact) mass is 552 g/mol. The predicted molar refractivity (Wildman–Crippen MR) is 144 cm³/mol. The van der Waals surface area contributed by atoms with Crippen LogP contribution in [-0.2, 0) is 4.79 Å². The Labute approximate surface area is 228 Å². The quantitative estimate of drug-likeness (QED) is 0.270. The second kappa shape index (κ2) is 11.1. The van der Waals surface area contributed by atoms with Crippen molar-refractivity contribution in [3.05, 3.63) is 57.6 Å². The van der Waals surface area contributed by atoms with Gasteiger partial charge in [0.1, 0.15) is 36.5 Å². The molecule has 0 aromatic heterocycles. The SMILES string of the molecule is CC[C@]1(C(=O)O)C[N+](C(=O)O)(C(C)(C)C)CC[C@H]1c1ccc(OCCOc2c(Cl)cc(C)cc2Cl)cc1. The average molecular weight is 554 g/mol. The maximum Gasteiger partial charge on any atom is 0.514 e. The first-order chi connectivity index (χ1) is 17.3. The molecule has 2 aromatic carbocycles. The fourth-order valence-corrected chi connectivity index (χ4v) is 6.16. The highest BCUT2D eigenvalue weighted by atomic mass is 35.5. The highest BCUT2D eigenvalue weighted by Crippen LogP contribution is 2.50. The fraction of sp³-hybridized carbons (Fsp3) is 0.500. The molecule has 0 saturated carbocycles. The van der Waals surface area contributed by atoms with E-state index in [-0.39, 0.29) is 30.2 Å². The van der Waals surface area contributed by atoms with Crippen molar-refractivity contribution in [3.8, 4) is 11.5 Å². The van der Waals surface area contributed by atoms with Gasteiger partial charge in [0.2, 0.25) is 0 Å². The molecule has 0 spiro atoms. The summed E-state index contributed by atoms with van der Waals surface area (Å²) in [5, 5.41) is 21.5. The van der Waals surface area contributed by atoms with Gasteiger partial charge in [-0.05, 0) is 69.5 Å². The van der Waals surface area contributed by atoms with E-state index >= 15 is 0 Å². The van der Waals surface area contributed by atoms with E-state index in [1.54, 1.807) is 24.3 Å². The third kappa shape index (κ3) is 5.69. The first kappa shape index (κ1) is 29.1. The van der Waals surface area contributed by atoms with Crippen LogP contribution in [0.1, 0.15) is 57.6 Å². The standard InChI is InChI=1S/C28H35Cl2NO6/c1-6-28(25(32)33)17-31(26(34)35,27(3,4)5)12-11-21(28)19-7-9-20(10-8-19)36-13-14-37-24-22(29)15-18(2)16-23(24)30/h7-10,15-16,21H,6,11-14,17H2,1-5H3,(H-,32,33,34,35)/p+1/t21-,28-,31?/m0/s1.